The molecule has 1 saturated heterocycles. The van der Waals surface area contributed by atoms with Crippen molar-refractivity contribution in [2.45, 2.75) is 25.7 Å². The van der Waals surface area contributed by atoms with Crippen molar-refractivity contribution in [1.82, 2.24) is 15.5 Å². The number of carbonyl (C=O) groups excluding carboxylic acids is 1. The molecule has 1 rings (SSSR count). The van der Waals surface area contributed by atoms with Gasteiger partial charge in [-0.25, -0.2) is 0 Å². The predicted molar refractivity (Wildman–Crippen MR) is 77.2 cm³/mol. The van der Waals surface area contributed by atoms with Gasteiger partial charge in [-0.15, -0.1) is 0 Å². The Balaban J connectivity index is 2.10. The van der Waals surface area contributed by atoms with Crippen LogP contribution in [0.2, 0.25) is 0 Å². The second kappa shape index (κ2) is 10.2. The maximum absolute atomic E-state index is 11.2. The average molecular weight is 271 g/mol. The van der Waals surface area contributed by atoms with Gasteiger partial charge in [0.1, 0.15) is 0 Å². The van der Waals surface area contributed by atoms with Crippen LogP contribution in [0.1, 0.15) is 25.7 Å². The SMILES string of the molecule is CNC(=O)CCCN1CCCC(CNCCOC)C1. The third-order valence-corrected chi connectivity index (χ3v) is 3.68. The number of nitrogens with zero attached hydrogens (tertiary/aromatic N) is 1. The van der Waals surface area contributed by atoms with Gasteiger partial charge in [0.2, 0.25) is 5.91 Å². The number of hydrogen-bond acceptors (Lipinski definition) is 4. The van der Waals surface area contributed by atoms with E-state index in [1.54, 1.807) is 14.2 Å². The lowest BCUT2D eigenvalue weighted by molar-refractivity contribution is -0.120. The van der Waals surface area contributed by atoms with Gasteiger partial charge in [-0.3, -0.25) is 4.79 Å². The maximum Gasteiger partial charge on any atom is 0.219 e. The van der Waals surface area contributed by atoms with E-state index in [-0.39, 0.29) is 5.91 Å². The molecule has 5 nitrogen and oxygen atoms in total. The highest BCUT2D eigenvalue weighted by Gasteiger charge is 2.19. The van der Waals surface area contributed by atoms with Crippen molar-refractivity contribution in [1.29, 1.82) is 0 Å². The van der Waals surface area contributed by atoms with Gasteiger partial charge in [-0.2, -0.15) is 0 Å². The number of carbonyl (C=O) groups is 1. The zero-order chi connectivity index (χ0) is 13.9. The van der Waals surface area contributed by atoms with E-state index in [0.29, 0.717) is 6.42 Å². The summed E-state index contributed by atoms with van der Waals surface area (Å²) < 4.78 is 5.03. The van der Waals surface area contributed by atoms with Gasteiger partial charge >= 0.3 is 0 Å². The molecule has 2 N–H and O–H groups in total. The average Bonchev–Trinajstić information content (AvgIpc) is 2.44. The number of piperidine rings is 1. The molecular formula is C14H29N3O2. The van der Waals surface area contributed by atoms with Crippen molar-refractivity contribution in [3.63, 3.8) is 0 Å². The normalized spacial score (nSPS) is 20.4. The van der Waals surface area contributed by atoms with Gasteiger partial charge in [0.25, 0.3) is 0 Å². The predicted octanol–water partition coefficient (Wildman–Crippen LogP) is 0.461. The van der Waals surface area contributed by atoms with Crippen molar-refractivity contribution < 1.29 is 9.53 Å². The molecule has 0 radical (unpaired) electrons. The van der Waals surface area contributed by atoms with Gasteiger partial charge in [0.15, 0.2) is 0 Å². The summed E-state index contributed by atoms with van der Waals surface area (Å²) in [5, 5.41) is 6.12. The highest BCUT2D eigenvalue weighted by Crippen LogP contribution is 2.16. The Morgan fingerprint density at radius 2 is 2.32 bits per heavy atom. The minimum Gasteiger partial charge on any atom is -0.383 e. The largest absolute Gasteiger partial charge is 0.383 e. The van der Waals surface area contributed by atoms with Crippen LogP contribution in [0.3, 0.4) is 0 Å². The number of amides is 1. The van der Waals surface area contributed by atoms with Crippen LogP contribution >= 0.6 is 0 Å². The molecule has 5 heteroatoms. The molecule has 112 valence electrons. The quantitative estimate of drug-likeness (QED) is 0.598. The number of nitrogens with one attached hydrogen (secondary N) is 2. The molecule has 1 atom stereocenters. The molecule has 0 bridgehead atoms. The molecule has 0 saturated carbocycles. The second-order valence-electron chi connectivity index (χ2n) is 5.28. The van der Waals surface area contributed by atoms with Crippen molar-refractivity contribution in [3.05, 3.63) is 0 Å². The standard InChI is InChI=1S/C14H29N3O2/c1-15-14(18)6-4-9-17-8-3-5-13(12-17)11-16-7-10-19-2/h13,16H,3-12H2,1-2H3,(H,15,18). The summed E-state index contributed by atoms with van der Waals surface area (Å²) >= 11 is 0. The summed E-state index contributed by atoms with van der Waals surface area (Å²) in [6.45, 7) is 6.18. The van der Waals surface area contributed by atoms with E-state index in [4.69, 9.17) is 4.74 Å². The lowest BCUT2D eigenvalue weighted by atomic mass is 9.98. The minimum atomic E-state index is 0.148. The Morgan fingerprint density at radius 1 is 1.47 bits per heavy atom. The lowest BCUT2D eigenvalue weighted by Crippen LogP contribution is -2.40. The molecule has 1 unspecified atom stereocenters. The zero-order valence-corrected chi connectivity index (χ0v) is 12.4. The molecule has 1 amide bonds. The van der Waals surface area contributed by atoms with Gasteiger partial charge < -0.3 is 20.3 Å². The van der Waals surface area contributed by atoms with Gasteiger partial charge in [-0.1, -0.05) is 0 Å². The van der Waals surface area contributed by atoms with E-state index < -0.39 is 0 Å². The summed E-state index contributed by atoms with van der Waals surface area (Å²) in [6, 6.07) is 0. The number of ether oxygens (including phenoxy) is 1. The van der Waals surface area contributed by atoms with Crippen LogP contribution in [-0.2, 0) is 9.53 Å². The summed E-state index contributed by atoms with van der Waals surface area (Å²) in [5.74, 6) is 0.889. The Hall–Kier alpha value is -0.650. The Bertz CT molecular complexity index is 249. The molecule has 1 fully saturated rings. The first-order valence-corrected chi connectivity index (χ1v) is 7.39. The second-order valence-corrected chi connectivity index (χ2v) is 5.28. The summed E-state index contributed by atoms with van der Waals surface area (Å²) in [7, 11) is 3.43. The first kappa shape index (κ1) is 16.4. The van der Waals surface area contributed by atoms with Gasteiger partial charge in [0, 0.05) is 33.7 Å². The third-order valence-electron chi connectivity index (χ3n) is 3.68. The van der Waals surface area contributed by atoms with Gasteiger partial charge in [-0.05, 0) is 44.8 Å². The van der Waals surface area contributed by atoms with Crippen LogP contribution in [-0.4, -0.2) is 64.3 Å². The highest BCUT2D eigenvalue weighted by atomic mass is 16.5. The third kappa shape index (κ3) is 7.50. The van der Waals surface area contributed by atoms with Crippen molar-refractivity contribution >= 4 is 5.91 Å². The number of rotatable bonds is 9. The Morgan fingerprint density at radius 3 is 3.05 bits per heavy atom. The number of hydrogen-bond donors (Lipinski definition) is 2. The van der Waals surface area contributed by atoms with E-state index in [0.717, 1.165) is 45.1 Å². The summed E-state index contributed by atoms with van der Waals surface area (Å²) in [6.07, 6.45) is 4.19. The van der Waals surface area contributed by atoms with Crippen LogP contribution in [0.25, 0.3) is 0 Å². The molecule has 0 aromatic carbocycles. The first-order chi connectivity index (χ1) is 9.26. The van der Waals surface area contributed by atoms with E-state index in [1.807, 2.05) is 0 Å². The highest BCUT2D eigenvalue weighted by molar-refractivity contribution is 5.75. The topological polar surface area (TPSA) is 53.6 Å². The number of likely N-dealkylation sites (tertiary alicyclic amines) is 1. The fourth-order valence-corrected chi connectivity index (χ4v) is 2.59. The van der Waals surface area contributed by atoms with Crippen LogP contribution in [0.15, 0.2) is 0 Å². The molecule has 0 aromatic rings. The molecule has 0 aliphatic carbocycles. The van der Waals surface area contributed by atoms with Crippen LogP contribution in [0, 0.1) is 5.92 Å². The zero-order valence-electron chi connectivity index (χ0n) is 12.4. The number of methoxy groups -OCH3 is 1. The molecule has 1 aliphatic rings. The monoisotopic (exact) mass is 271 g/mol. The molecule has 1 aliphatic heterocycles. The molecule has 0 spiro atoms. The molecular weight excluding hydrogens is 242 g/mol. The van der Waals surface area contributed by atoms with Crippen LogP contribution in [0.4, 0.5) is 0 Å². The summed E-state index contributed by atoms with van der Waals surface area (Å²) in [5.41, 5.74) is 0. The van der Waals surface area contributed by atoms with Crippen LogP contribution < -0.4 is 10.6 Å². The van der Waals surface area contributed by atoms with E-state index in [1.165, 1.54) is 19.4 Å². The van der Waals surface area contributed by atoms with E-state index in [9.17, 15) is 4.79 Å². The van der Waals surface area contributed by atoms with Gasteiger partial charge in [0.05, 0.1) is 6.61 Å². The van der Waals surface area contributed by atoms with Crippen molar-refractivity contribution in [2.24, 2.45) is 5.92 Å². The fourth-order valence-electron chi connectivity index (χ4n) is 2.59. The van der Waals surface area contributed by atoms with Crippen LogP contribution in [0.5, 0.6) is 0 Å². The molecule has 19 heavy (non-hydrogen) atoms. The maximum atomic E-state index is 11.2. The smallest absolute Gasteiger partial charge is 0.219 e. The Labute approximate surface area is 117 Å². The van der Waals surface area contributed by atoms with Crippen molar-refractivity contribution in [3.8, 4) is 0 Å². The van der Waals surface area contributed by atoms with Crippen molar-refractivity contribution in [2.75, 3.05) is 53.5 Å². The summed E-state index contributed by atoms with van der Waals surface area (Å²) in [4.78, 5) is 13.7. The Kier molecular flexibility index (Phi) is 8.79. The fraction of sp³-hybridized carbons (Fsp3) is 0.929. The lowest BCUT2D eigenvalue weighted by Gasteiger charge is -2.32. The minimum absolute atomic E-state index is 0.148. The first-order valence-electron chi connectivity index (χ1n) is 7.39. The van der Waals surface area contributed by atoms with E-state index in [2.05, 4.69) is 15.5 Å². The van der Waals surface area contributed by atoms with E-state index >= 15 is 0 Å². The molecule has 0 aromatic heterocycles. The molecule has 1 heterocycles.